The van der Waals surface area contributed by atoms with E-state index in [-0.39, 0.29) is 0 Å². The monoisotopic (exact) mass is 630 g/mol. The minimum absolute atomic E-state index is 0.532. The van der Waals surface area contributed by atoms with Gasteiger partial charge < -0.3 is 84.2 Å². The van der Waals surface area contributed by atoms with Gasteiger partial charge in [0.15, 0.2) is 18.9 Å². The van der Waals surface area contributed by atoms with Crippen LogP contribution in [0.4, 0.5) is 0 Å². The molecule has 0 amide bonds. The lowest BCUT2D eigenvalue weighted by molar-refractivity contribution is -0.387. The third kappa shape index (κ3) is 7.03. The van der Waals surface area contributed by atoms with Gasteiger partial charge in [-0.15, -0.1) is 0 Å². The van der Waals surface area contributed by atoms with E-state index in [4.69, 9.17) is 33.2 Å². The lowest BCUT2D eigenvalue weighted by atomic mass is 9.88. The molecule has 4 heterocycles. The van der Waals surface area contributed by atoms with Crippen LogP contribution in [0.2, 0.25) is 0 Å². The normalized spacial score (nSPS) is 54.8. The van der Waals surface area contributed by atoms with E-state index in [2.05, 4.69) is 0 Å². The Morgan fingerprint density at radius 3 is 1.37 bits per heavy atom. The molecule has 0 saturated carbocycles. The molecule has 0 spiro atoms. The lowest BCUT2D eigenvalue weighted by Gasteiger charge is -2.50. The first kappa shape index (κ1) is 35.2. The summed E-state index contributed by atoms with van der Waals surface area (Å²) in [6, 6.07) is 0. The number of hydrogen-bond acceptors (Lipinski definition) is 17. The van der Waals surface area contributed by atoms with Crippen molar-refractivity contribution in [1.29, 1.82) is 0 Å². The first-order valence-corrected chi connectivity index (χ1v) is 14.5. The highest BCUT2D eigenvalue weighted by atomic mass is 16.8. The Balaban J connectivity index is 1.62. The SMILES string of the molecule is CC1OC(CO)[C@H](O[C@H]2OC(C)[C@@H](O)C(O)C2O)C(O[C@@H]2OC(CO)[C@H](O)C(O)C2O[C@@H]2OC(C)[C@H](O)C(O)C2O)C1C. The molecule has 252 valence electrons. The summed E-state index contributed by atoms with van der Waals surface area (Å²) in [4.78, 5) is 0. The molecule has 0 aromatic rings. The van der Waals surface area contributed by atoms with Gasteiger partial charge in [0.25, 0.3) is 0 Å². The maximum Gasteiger partial charge on any atom is 0.187 e. The zero-order valence-corrected chi connectivity index (χ0v) is 24.3. The quantitative estimate of drug-likeness (QED) is 0.120. The van der Waals surface area contributed by atoms with Crippen LogP contribution in [0, 0.1) is 5.92 Å². The topological polar surface area (TPSA) is 267 Å². The fraction of sp³-hybridized carbons (Fsp3) is 1.00. The van der Waals surface area contributed by atoms with Crippen molar-refractivity contribution in [3.63, 3.8) is 0 Å². The smallest absolute Gasteiger partial charge is 0.187 e. The second-order valence-corrected chi connectivity index (χ2v) is 11.8. The van der Waals surface area contributed by atoms with Crippen LogP contribution in [0.3, 0.4) is 0 Å². The van der Waals surface area contributed by atoms with Crippen molar-refractivity contribution >= 4 is 0 Å². The molecule has 4 fully saturated rings. The highest BCUT2D eigenvalue weighted by molar-refractivity contribution is 4.97. The molecule has 43 heavy (non-hydrogen) atoms. The molecule has 0 radical (unpaired) electrons. The molecule has 4 aliphatic rings. The van der Waals surface area contributed by atoms with Crippen molar-refractivity contribution in [2.24, 2.45) is 5.92 Å². The average Bonchev–Trinajstić information content (AvgIpc) is 2.98. The minimum atomic E-state index is -1.77. The Hall–Kier alpha value is -0.680. The molecule has 0 aromatic heterocycles. The minimum Gasteiger partial charge on any atom is -0.394 e. The molecular formula is C26H46O17. The van der Waals surface area contributed by atoms with Gasteiger partial charge in [0.1, 0.15) is 73.2 Å². The van der Waals surface area contributed by atoms with E-state index < -0.39 is 136 Å². The van der Waals surface area contributed by atoms with Crippen molar-refractivity contribution in [2.45, 2.75) is 144 Å². The van der Waals surface area contributed by atoms with Crippen LogP contribution in [-0.2, 0) is 33.2 Å². The highest BCUT2D eigenvalue weighted by Gasteiger charge is 2.54. The van der Waals surface area contributed by atoms with Crippen molar-refractivity contribution < 1.29 is 84.2 Å². The molecular weight excluding hydrogens is 584 g/mol. The molecule has 0 aromatic carbocycles. The molecule has 0 bridgehead atoms. The van der Waals surface area contributed by atoms with Crippen molar-refractivity contribution in [3.05, 3.63) is 0 Å². The third-order valence-corrected chi connectivity index (χ3v) is 8.83. The van der Waals surface area contributed by atoms with Crippen LogP contribution < -0.4 is 0 Å². The van der Waals surface area contributed by atoms with Gasteiger partial charge in [0.2, 0.25) is 0 Å². The predicted octanol–water partition coefficient (Wildman–Crippen LogP) is -5.35. The Bertz CT molecular complexity index is 885. The average molecular weight is 631 g/mol. The van der Waals surface area contributed by atoms with Crippen LogP contribution in [0.25, 0.3) is 0 Å². The zero-order chi connectivity index (χ0) is 31.9. The largest absolute Gasteiger partial charge is 0.394 e. The Kier molecular flexibility index (Phi) is 11.8. The Morgan fingerprint density at radius 1 is 0.419 bits per heavy atom. The highest BCUT2D eigenvalue weighted by Crippen LogP contribution is 2.37. The number of hydrogen-bond donors (Lipinski definition) is 10. The second-order valence-electron chi connectivity index (χ2n) is 11.8. The van der Waals surface area contributed by atoms with E-state index in [1.807, 2.05) is 0 Å². The molecule has 20 atom stereocenters. The van der Waals surface area contributed by atoms with E-state index in [9.17, 15) is 51.1 Å². The second kappa shape index (κ2) is 14.4. The molecule has 17 nitrogen and oxygen atoms in total. The fourth-order valence-corrected chi connectivity index (χ4v) is 5.80. The van der Waals surface area contributed by atoms with Crippen LogP contribution >= 0.6 is 0 Å². The molecule has 4 rings (SSSR count). The number of aliphatic hydroxyl groups is 10. The van der Waals surface area contributed by atoms with Crippen LogP contribution in [0.1, 0.15) is 27.7 Å². The number of ether oxygens (including phenoxy) is 7. The summed E-state index contributed by atoms with van der Waals surface area (Å²) in [6.07, 6.45) is -26.4. The van der Waals surface area contributed by atoms with Gasteiger partial charge in [-0.1, -0.05) is 6.92 Å². The van der Waals surface area contributed by atoms with Gasteiger partial charge in [0.05, 0.1) is 37.6 Å². The summed E-state index contributed by atoms with van der Waals surface area (Å²) in [5.74, 6) is -0.532. The van der Waals surface area contributed by atoms with Gasteiger partial charge in [-0.25, -0.2) is 0 Å². The van der Waals surface area contributed by atoms with Crippen molar-refractivity contribution in [1.82, 2.24) is 0 Å². The maximum atomic E-state index is 11.0. The summed E-state index contributed by atoms with van der Waals surface area (Å²) < 4.78 is 40.8. The van der Waals surface area contributed by atoms with Gasteiger partial charge in [-0.05, 0) is 20.8 Å². The number of rotatable bonds is 8. The van der Waals surface area contributed by atoms with E-state index >= 15 is 0 Å². The van der Waals surface area contributed by atoms with Crippen molar-refractivity contribution in [3.8, 4) is 0 Å². The maximum absolute atomic E-state index is 11.0. The van der Waals surface area contributed by atoms with E-state index in [1.165, 1.54) is 13.8 Å². The molecule has 10 N–H and O–H groups in total. The molecule has 17 heteroatoms. The summed E-state index contributed by atoms with van der Waals surface area (Å²) in [5.41, 5.74) is 0. The molecule has 0 aliphatic carbocycles. The van der Waals surface area contributed by atoms with E-state index in [1.54, 1.807) is 13.8 Å². The van der Waals surface area contributed by atoms with Gasteiger partial charge in [0, 0.05) is 5.92 Å². The first-order valence-electron chi connectivity index (χ1n) is 14.5. The van der Waals surface area contributed by atoms with Gasteiger partial charge in [-0.2, -0.15) is 0 Å². The van der Waals surface area contributed by atoms with Crippen LogP contribution in [-0.4, -0.2) is 181 Å². The Morgan fingerprint density at radius 2 is 0.884 bits per heavy atom. The van der Waals surface area contributed by atoms with Crippen LogP contribution in [0.5, 0.6) is 0 Å². The van der Waals surface area contributed by atoms with Crippen LogP contribution in [0.15, 0.2) is 0 Å². The summed E-state index contributed by atoms with van der Waals surface area (Å²) >= 11 is 0. The predicted molar refractivity (Wildman–Crippen MR) is 138 cm³/mol. The standard InChI is InChI=1S/C26H46O17/c1-7-8(2)37-12(6-28)22(42-24-19(35)16(32)13(29)9(3)38-24)21(7)41-26-23(18(34)15(31)11(5-27)40-26)43-25-20(36)17(33)14(30)10(4)39-25/h7-36H,5-6H2,1-4H3/t7?,8?,9?,10?,11?,12?,13-,14+,15+,16?,17?,18?,19?,20?,21?,22+,23?,24-,25+,26+/m1/s1. The summed E-state index contributed by atoms with van der Waals surface area (Å²) in [5, 5.41) is 103. The fourth-order valence-electron chi connectivity index (χ4n) is 5.80. The molecule has 4 aliphatic heterocycles. The molecule has 13 unspecified atom stereocenters. The zero-order valence-electron chi connectivity index (χ0n) is 24.3. The van der Waals surface area contributed by atoms with E-state index in [0.29, 0.717) is 0 Å². The lowest BCUT2D eigenvalue weighted by Crippen LogP contribution is -2.66. The first-order chi connectivity index (χ1) is 20.2. The Labute approximate surface area is 248 Å². The summed E-state index contributed by atoms with van der Waals surface area (Å²) in [6.45, 7) is 5.02. The van der Waals surface area contributed by atoms with Gasteiger partial charge >= 0.3 is 0 Å². The summed E-state index contributed by atoms with van der Waals surface area (Å²) in [7, 11) is 0. The van der Waals surface area contributed by atoms with Crippen molar-refractivity contribution in [2.75, 3.05) is 13.2 Å². The van der Waals surface area contributed by atoms with Gasteiger partial charge in [-0.3, -0.25) is 0 Å². The van der Waals surface area contributed by atoms with E-state index in [0.717, 1.165) is 0 Å². The molecule has 4 saturated heterocycles. The third-order valence-electron chi connectivity index (χ3n) is 8.83. The number of aliphatic hydroxyl groups excluding tert-OH is 10.